The Kier molecular flexibility index (Phi) is 6.83. The molecule has 1 unspecified atom stereocenters. The molecule has 1 fully saturated rings. The van der Waals surface area contributed by atoms with Crippen LogP contribution in [-0.4, -0.2) is 39.8 Å². The summed E-state index contributed by atoms with van der Waals surface area (Å²) in [7, 11) is 0. The van der Waals surface area contributed by atoms with Gasteiger partial charge in [-0.25, -0.2) is 0 Å². The van der Waals surface area contributed by atoms with Gasteiger partial charge in [-0.05, 0) is 60.4 Å². The van der Waals surface area contributed by atoms with Gasteiger partial charge in [0, 0.05) is 24.5 Å². The van der Waals surface area contributed by atoms with E-state index in [4.69, 9.17) is 4.74 Å². The highest BCUT2D eigenvalue weighted by molar-refractivity contribution is 6.46. The molecular weight excluding hydrogens is 416 g/mol. The summed E-state index contributed by atoms with van der Waals surface area (Å²) >= 11 is 0. The van der Waals surface area contributed by atoms with E-state index in [9.17, 15) is 14.7 Å². The fourth-order valence-corrected chi connectivity index (χ4v) is 3.98. The van der Waals surface area contributed by atoms with Crippen LogP contribution >= 0.6 is 0 Å². The minimum absolute atomic E-state index is 0.0847. The van der Waals surface area contributed by atoms with Crippen LogP contribution in [0, 0.1) is 0 Å². The molecule has 1 aliphatic rings. The zero-order chi connectivity index (χ0) is 23.2. The van der Waals surface area contributed by atoms with E-state index in [1.807, 2.05) is 37.3 Å². The van der Waals surface area contributed by atoms with Crippen molar-refractivity contribution in [2.75, 3.05) is 13.2 Å². The Morgan fingerprint density at radius 1 is 1.00 bits per heavy atom. The smallest absolute Gasteiger partial charge is 0.295 e. The first-order chi connectivity index (χ1) is 16.1. The number of hydrogen-bond donors (Lipinski definition) is 1. The molecule has 1 amide bonds. The van der Waals surface area contributed by atoms with Gasteiger partial charge in [-0.3, -0.25) is 14.6 Å². The van der Waals surface area contributed by atoms with Crippen molar-refractivity contribution in [3.8, 4) is 5.75 Å². The maximum absolute atomic E-state index is 13.1. The van der Waals surface area contributed by atoms with Gasteiger partial charge in [-0.2, -0.15) is 0 Å². The Morgan fingerprint density at radius 3 is 2.36 bits per heavy atom. The van der Waals surface area contributed by atoms with Gasteiger partial charge in [-0.15, -0.1) is 0 Å². The van der Waals surface area contributed by atoms with Gasteiger partial charge in [0.15, 0.2) is 0 Å². The molecule has 0 bridgehead atoms. The lowest BCUT2D eigenvalue weighted by Gasteiger charge is -2.25. The fourth-order valence-electron chi connectivity index (χ4n) is 3.98. The number of ketones is 1. The summed E-state index contributed by atoms with van der Waals surface area (Å²) in [5.41, 5.74) is 2.33. The second-order valence-corrected chi connectivity index (χ2v) is 7.88. The minimum atomic E-state index is -0.687. The number of rotatable bonds is 8. The highest BCUT2D eigenvalue weighted by Crippen LogP contribution is 2.39. The normalized spacial score (nSPS) is 17.4. The average Bonchev–Trinajstić information content (AvgIpc) is 3.12. The third-order valence-corrected chi connectivity index (χ3v) is 5.65. The second-order valence-electron chi connectivity index (χ2n) is 7.88. The first-order valence-electron chi connectivity index (χ1n) is 11.1. The average molecular weight is 443 g/mol. The number of carbonyl (C=O) groups is 2. The first kappa shape index (κ1) is 22.3. The lowest BCUT2D eigenvalue weighted by Crippen LogP contribution is -2.31. The van der Waals surface area contributed by atoms with Gasteiger partial charge in [-0.1, -0.05) is 37.3 Å². The van der Waals surface area contributed by atoms with Crippen molar-refractivity contribution in [3.05, 3.63) is 101 Å². The van der Waals surface area contributed by atoms with Gasteiger partial charge >= 0.3 is 0 Å². The maximum atomic E-state index is 13.1. The molecular formula is C27H26N2O4. The van der Waals surface area contributed by atoms with Crippen LogP contribution in [0.25, 0.3) is 5.76 Å². The Labute approximate surface area is 193 Å². The summed E-state index contributed by atoms with van der Waals surface area (Å²) in [6.07, 6.45) is 4.72. The monoisotopic (exact) mass is 442 g/mol. The van der Waals surface area contributed by atoms with Gasteiger partial charge in [0.05, 0.1) is 18.2 Å². The lowest BCUT2D eigenvalue weighted by atomic mass is 9.96. The molecule has 2 heterocycles. The molecule has 2 aromatic carbocycles. The number of Topliss-reactive ketones (excluding diaryl/α,β-unsaturated/α-hetero) is 1. The van der Waals surface area contributed by atoms with Crippen molar-refractivity contribution in [2.24, 2.45) is 0 Å². The largest absolute Gasteiger partial charge is 0.507 e. The van der Waals surface area contributed by atoms with Gasteiger partial charge in [0.1, 0.15) is 11.5 Å². The first-order valence-corrected chi connectivity index (χ1v) is 11.1. The van der Waals surface area contributed by atoms with E-state index in [-0.39, 0.29) is 11.3 Å². The fraction of sp³-hybridized carbons (Fsp3) is 0.222. The summed E-state index contributed by atoms with van der Waals surface area (Å²) < 4.78 is 5.60. The van der Waals surface area contributed by atoms with Crippen molar-refractivity contribution < 1.29 is 19.4 Å². The van der Waals surface area contributed by atoms with Gasteiger partial charge < -0.3 is 14.7 Å². The third-order valence-electron chi connectivity index (χ3n) is 5.65. The van der Waals surface area contributed by atoms with Crippen LogP contribution < -0.4 is 4.74 Å². The molecule has 0 saturated carbocycles. The summed E-state index contributed by atoms with van der Waals surface area (Å²) in [5.74, 6) is -0.812. The van der Waals surface area contributed by atoms with Crippen molar-refractivity contribution in [3.63, 3.8) is 0 Å². The Balaban J connectivity index is 1.70. The number of amides is 1. The molecule has 1 aliphatic heterocycles. The molecule has 1 atom stereocenters. The Morgan fingerprint density at radius 2 is 1.70 bits per heavy atom. The molecule has 6 heteroatoms. The van der Waals surface area contributed by atoms with Crippen LogP contribution in [0.4, 0.5) is 0 Å². The molecule has 4 rings (SSSR count). The van der Waals surface area contributed by atoms with Crippen LogP contribution in [0.2, 0.25) is 0 Å². The zero-order valence-electron chi connectivity index (χ0n) is 18.5. The standard InChI is InChI=1S/C27H26N2O4/c1-2-18-33-22-10-8-21(9-11-22)25(30)23-24(20-12-15-28-16-13-20)29(27(32)26(23)31)17-14-19-6-4-3-5-7-19/h3-13,15-16,24,30H,2,14,17-18H2,1H3. The quantitative estimate of drug-likeness (QED) is 0.315. The molecule has 1 N–H and O–H groups in total. The van der Waals surface area contributed by atoms with Crippen LogP contribution in [0.15, 0.2) is 84.7 Å². The van der Waals surface area contributed by atoms with Crippen LogP contribution in [-0.2, 0) is 16.0 Å². The number of likely N-dealkylation sites (tertiary alicyclic amines) is 1. The van der Waals surface area contributed by atoms with Crippen molar-refractivity contribution in [2.45, 2.75) is 25.8 Å². The molecule has 1 saturated heterocycles. The highest BCUT2D eigenvalue weighted by Gasteiger charge is 2.45. The maximum Gasteiger partial charge on any atom is 0.295 e. The number of carbonyl (C=O) groups excluding carboxylic acids is 2. The SMILES string of the molecule is CCCOc1ccc(C(O)=C2C(=O)C(=O)N(CCc3ccccc3)C2c2ccncc2)cc1. The van der Waals surface area contributed by atoms with Crippen LogP contribution in [0.3, 0.4) is 0 Å². The number of aliphatic hydroxyl groups is 1. The number of nitrogens with zero attached hydrogens (tertiary/aromatic N) is 2. The molecule has 0 spiro atoms. The van der Waals surface area contributed by atoms with E-state index >= 15 is 0 Å². The number of aliphatic hydroxyl groups excluding tert-OH is 1. The zero-order valence-corrected chi connectivity index (χ0v) is 18.5. The number of benzene rings is 2. The molecule has 3 aromatic rings. The molecule has 6 nitrogen and oxygen atoms in total. The topological polar surface area (TPSA) is 79.7 Å². The third kappa shape index (κ3) is 4.80. The van der Waals surface area contributed by atoms with E-state index in [2.05, 4.69) is 4.98 Å². The molecule has 0 aliphatic carbocycles. The number of aromatic nitrogens is 1. The van der Waals surface area contributed by atoms with Gasteiger partial charge in [0.2, 0.25) is 0 Å². The molecule has 168 valence electrons. The highest BCUT2D eigenvalue weighted by atomic mass is 16.5. The van der Waals surface area contributed by atoms with Crippen molar-refractivity contribution in [1.82, 2.24) is 9.88 Å². The van der Waals surface area contributed by atoms with E-state index < -0.39 is 17.7 Å². The molecule has 1 aromatic heterocycles. The van der Waals surface area contributed by atoms with Crippen LogP contribution in [0.1, 0.15) is 36.1 Å². The summed E-state index contributed by atoms with van der Waals surface area (Å²) in [4.78, 5) is 31.7. The van der Waals surface area contributed by atoms with E-state index in [0.29, 0.717) is 30.9 Å². The predicted molar refractivity (Wildman–Crippen MR) is 126 cm³/mol. The van der Waals surface area contributed by atoms with E-state index in [1.54, 1.807) is 48.8 Å². The van der Waals surface area contributed by atoms with E-state index in [0.717, 1.165) is 17.5 Å². The van der Waals surface area contributed by atoms with E-state index in [1.165, 1.54) is 4.90 Å². The van der Waals surface area contributed by atoms with Gasteiger partial charge in [0.25, 0.3) is 11.7 Å². The molecule has 0 radical (unpaired) electrons. The lowest BCUT2D eigenvalue weighted by molar-refractivity contribution is -0.139. The number of ether oxygens (including phenoxy) is 1. The van der Waals surface area contributed by atoms with Crippen molar-refractivity contribution in [1.29, 1.82) is 0 Å². The second kappa shape index (κ2) is 10.1. The predicted octanol–water partition coefficient (Wildman–Crippen LogP) is 4.53. The summed E-state index contributed by atoms with van der Waals surface area (Å²) in [5, 5.41) is 11.1. The van der Waals surface area contributed by atoms with Crippen LogP contribution in [0.5, 0.6) is 5.75 Å². The minimum Gasteiger partial charge on any atom is -0.507 e. The Bertz CT molecular complexity index is 1140. The van der Waals surface area contributed by atoms with Crippen molar-refractivity contribution >= 4 is 17.4 Å². The molecule has 33 heavy (non-hydrogen) atoms. The number of pyridine rings is 1. The summed E-state index contributed by atoms with van der Waals surface area (Å²) in [6, 6.07) is 19.5. The summed E-state index contributed by atoms with van der Waals surface area (Å²) in [6.45, 7) is 2.97. The Hall–Kier alpha value is -3.93. The number of hydrogen-bond acceptors (Lipinski definition) is 5.